The summed E-state index contributed by atoms with van der Waals surface area (Å²) in [5.74, 6) is 0. The van der Waals surface area contributed by atoms with Crippen molar-refractivity contribution in [1.29, 1.82) is 0 Å². The number of aromatic nitrogens is 2. The van der Waals surface area contributed by atoms with Crippen LogP contribution in [0, 0.1) is 0 Å². The maximum atomic E-state index is 11.3. The van der Waals surface area contributed by atoms with Crippen molar-refractivity contribution in [2.75, 3.05) is 0 Å². The molecule has 0 aliphatic rings. The second-order valence-electron chi connectivity index (χ2n) is 2.73. The average Bonchev–Trinajstić information content (AvgIpc) is 2.71. The van der Waals surface area contributed by atoms with Crippen LogP contribution in [0.25, 0.3) is 10.6 Å². The summed E-state index contributed by atoms with van der Waals surface area (Å²) in [7, 11) is 0. The predicted molar refractivity (Wildman–Crippen MR) is 54.0 cm³/mol. The van der Waals surface area contributed by atoms with Gasteiger partial charge in [0.1, 0.15) is 0 Å². The van der Waals surface area contributed by atoms with Crippen molar-refractivity contribution in [3.63, 3.8) is 0 Å². The van der Waals surface area contributed by atoms with E-state index in [1.54, 1.807) is 22.1 Å². The molecule has 0 radical (unpaired) electrons. The van der Waals surface area contributed by atoms with Gasteiger partial charge in [-0.05, 0) is 18.4 Å². The third-order valence-electron chi connectivity index (χ3n) is 1.89. The summed E-state index contributed by atoms with van der Waals surface area (Å²) in [5, 5.41) is 5.05. The van der Waals surface area contributed by atoms with Crippen LogP contribution in [0.15, 0.2) is 28.4 Å². The molecule has 2 aromatic heterocycles. The first-order valence-corrected chi connectivity index (χ1v) is 5.03. The Balaban J connectivity index is 2.49. The fraction of sp³-hybridized carbons (Fsp3) is 0.222. The molecule has 0 unspecified atom stereocenters. The molecule has 0 aliphatic heterocycles. The molecule has 0 atom stereocenters. The number of hydrogen-bond acceptors (Lipinski definition) is 2. The summed E-state index contributed by atoms with van der Waals surface area (Å²) < 4.78 is 1.59. The molecule has 4 heteroatoms. The van der Waals surface area contributed by atoms with Crippen molar-refractivity contribution >= 4 is 11.3 Å². The number of H-pyrrole nitrogens is 1. The fourth-order valence-corrected chi connectivity index (χ4v) is 1.92. The Labute approximate surface area is 79.6 Å². The van der Waals surface area contributed by atoms with Gasteiger partial charge in [0.15, 0.2) is 0 Å². The van der Waals surface area contributed by atoms with Crippen molar-refractivity contribution < 1.29 is 0 Å². The highest BCUT2D eigenvalue weighted by Gasteiger charge is 2.03. The summed E-state index contributed by atoms with van der Waals surface area (Å²) in [6.45, 7) is 2.63. The first kappa shape index (κ1) is 8.31. The molecule has 0 saturated carbocycles. The predicted octanol–water partition coefficient (Wildman–Crippen LogP) is 1.92. The molecule has 2 heterocycles. The van der Waals surface area contributed by atoms with Gasteiger partial charge in [-0.3, -0.25) is 14.6 Å². The van der Waals surface area contributed by atoms with E-state index in [0.29, 0.717) is 6.54 Å². The largest absolute Gasteiger partial charge is 0.294 e. The Morgan fingerprint density at radius 2 is 2.46 bits per heavy atom. The lowest BCUT2D eigenvalue weighted by Crippen LogP contribution is -2.13. The van der Waals surface area contributed by atoms with Gasteiger partial charge in [0.25, 0.3) is 5.56 Å². The Bertz CT molecular complexity index is 438. The van der Waals surface area contributed by atoms with E-state index in [9.17, 15) is 4.79 Å². The SMILES string of the molecule is CCn1[nH]c(-c2cccs2)cc1=O. The quantitative estimate of drug-likeness (QED) is 0.779. The van der Waals surface area contributed by atoms with Gasteiger partial charge in [-0.1, -0.05) is 6.07 Å². The molecule has 0 spiro atoms. The first-order valence-electron chi connectivity index (χ1n) is 4.15. The molecule has 0 saturated heterocycles. The second kappa shape index (κ2) is 3.22. The third-order valence-corrected chi connectivity index (χ3v) is 2.80. The molecule has 2 aromatic rings. The monoisotopic (exact) mass is 194 g/mol. The molecule has 68 valence electrons. The zero-order chi connectivity index (χ0) is 9.26. The van der Waals surface area contributed by atoms with Gasteiger partial charge in [-0.15, -0.1) is 11.3 Å². The summed E-state index contributed by atoms with van der Waals surface area (Å²) in [4.78, 5) is 12.4. The number of thiophene rings is 1. The van der Waals surface area contributed by atoms with E-state index in [-0.39, 0.29) is 5.56 Å². The maximum absolute atomic E-state index is 11.3. The van der Waals surface area contributed by atoms with E-state index in [4.69, 9.17) is 0 Å². The third kappa shape index (κ3) is 1.45. The molecular weight excluding hydrogens is 184 g/mol. The van der Waals surface area contributed by atoms with Gasteiger partial charge >= 0.3 is 0 Å². The Morgan fingerprint density at radius 1 is 1.62 bits per heavy atom. The number of hydrogen-bond donors (Lipinski definition) is 1. The van der Waals surface area contributed by atoms with E-state index >= 15 is 0 Å². The van der Waals surface area contributed by atoms with E-state index in [0.717, 1.165) is 10.6 Å². The van der Waals surface area contributed by atoms with Crippen molar-refractivity contribution in [1.82, 2.24) is 9.78 Å². The number of aromatic amines is 1. The van der Waals surface area contributed by atoms with Crippen molar-refractivity contribution in [2.24, 2.45) is 0 Å². The molecule has 1 N–H and O–H groups in total. The Kier molecular flexibility index (Phi) is 2.06. The van der Waals surface area contributed by atoms with E-state index in [2.05, 4.69) is 5.10 Å². The van der Waals surface area contributed by atoms with Crippen LogP contribution in [0.2, 0.25) is 0 Å². The first-order chi connectivity index (χ1) is 6.31. The molecule has 2 rings (SSSR count). The van der Waals surface area contributed by atoms with Crippen molar-refractivity contribution in [2.45, 2.75) is 13.5 Å². The minimum absolute atomic E-state index is 0.0332. The standard InChI is InChI=1S/C9H10N2OS/c1-2-11-9(12)6-7(10-11)8-4-3-5-13-8/h3-6,10H,2H2,1H3. The highest BCUT2D eigenvalue weighted by molar-refractivity contribution is 7.13. The Hall–Kier alpha value is -1.29. The minimum atomic E-state index is 0.0332. The van der Waals surface area contributed by atoms with E-state index < -0.39 is 0 Å². The lowest BCUT2D eigenvalue weighted by Gasteiger charge is -1.94. The van der Waals surface area contributed by atoms with Gasteiger partial charge in [0.2, 0.25) is 0 Å². The number of nitrogens with one attached hydrogen (secondary N) is 1. The zero-order valence-corrected chi connectivity index (χ0v) is 8.10. The summed E-state index contributed by atoms with van der Waals surface area (Å²) in [5.41, 5.74) is 0.938. The molecule has 3 nitrogen and oxygen atoms in total. The van der Waals surface area contributed by atoms with Crippen LogP contribution in [0.1, 0.15) is 6.92 Å². The van der Waals surface area contributed by atoms with Crippen LogP contribution in [0.5, 0.6) is 0 Å². The number of rotatable bonds is 2. The second-order valence-corrected chi connectivity index (χ2v) is 3.68. The summed E-state index contributed by atoms with van der Waals surface area (Å²) >= 11 is 1.63. The van der Waals surface area contributed by atoms with Crippen LogP contribution in [-0.4, -0.2) is 9.78 Å². The molecule has 0 amide bonds. The highest BCUT2D eigenvalue weighted by atomic mass is 32.1. The normalized spacial score (nSPS) is 10.5. The van der Waals surface area contributed by atoms with Gasteiger partial charge in [-0.25, -0.2) is 0 Å². The lowest BCUT2D eigenvalue weighted by atomic mass is 10.3. The topological polar surface area (TPSA) is 37.8 Å². The van der Waals surface area contributed by atoms with Crippen molar-refractivity contribution in [3.05, 3.63) is 33.9 Å². The molecule has 0 aromatic carbocycles. The van der Waals surface area contributed by atoms with Crippen LogP contribution in [0.4, 0.5) is 0 Å². The molecule has 0 fully saturated rings. The van der Waals surface area contributed by atoms with Gasteiger partial charge in [0.05, 0.1) is 10.6 Å². The smallest absolute Gasteiger partial charge is 0.267 e. The van der Waals surface area contributed by atoms with Crippen LogP contribution in [-0.2, 0) is 6.54 Å². The number of aryl methyl sites for hydroxylation is 1. The highest BCUT2D eigenvalue weighted by Crippen LogP contribution is 2.20. The lowest BCUT2D eigenvalue weighted by molar-refractivity contribution is 0.640. The van der Waals surface area contributed by atoms with Crippen LogP contribution in [0.3, 0.4) is 0 Å². The zero-order valence-electron chi connectivity index (χ0n) is 7.28. The molecule has 0 aliphatic carbocycles. The fourth-order valence-electron chi connectivity index (χ4n) is 1.23. The van der Waals surface area contributed by atoms with Crippen LogP contribution < -0.4 is 5.56 Å². The Morgan fingerprint density at radius 3 is 3.00 bits per heavy atom. The average molecular weight is 194 g/mol. The van der Waals surface area contributed by atoms with Gasteiger partial charge < -0.3 is 0 Å². The molecule has 13 heavy (non-hydrogen) atoms. The number of nitrogens with zero attached hydrogens (tertiary/aromatic N) is 1. The summed E-state index contributed by atoms with van der Waals surface area (Å²) in [6.07, 6.45) is 0. The minimum Gasteiger partial charge on any atom is -0.294 e. The van der Waals surface area contributed by atoms with E-state index in [1.165, 1.54) is 0 Å². The van der Waals surface area contributed by atoms with Crippen LogP contribution >= 0.6 is 11.3 Å². The van der Waals surface area contributed by atoms with Gasteiger partial charge in [0, 0.05) is 12.6 Å². The molecular formula is C9H10N2OS. The van der Waals surface area contributed by atoms with Gasteiger partial charge in [-0.2, -0.15) is 0 Å². The maximum Gasteiger partial charge on any atom is 0.267 e. The van der Waals surface area contributed by atoms with Crippen molar-refractivity contribution in [3.8, 4) is 10.6 Å². The van der Waals surface area contributed by atoms with E-state index in [1.807, 2.05) is 24.4 Å². The molecule has 0 bridgehead atoms. The summed E-state index contributed by atoms with van der Waals surface area (Å²) in [6, 6.07) is 5.60.